The fourth-order valence-electron chi connectivity index (χ4n) is 2.13. The number of Topliss-reactive ketones (excluding diaryl/α,β-unsaturated/α-hetero) is 1. The lowest BCUT2D eigenvalue weighted by Crippen LogP contribution is -2.35. The van der Waals surface area contributed by atoms with Crippen LogP contribution in [0.3, 0.4) is 0 Å². The van der Waals surface area contributed by atoms with E-state index in [1.54, 1.807) is 44.2 Å². The lowest BCUT2D eigenvalue weighted by molar-refractivity contribution is -0.159. The van der Waals surface area contributed by atoms with Crippen LogP contribution in [0.4, 0.5) is 0 Å². The smallest absolute Gasteiger partial charge is 0.317 e. The predicted octanol–water partition coefficient (Wildman–Crippen LogP) is 2.10. The Morgan fingerprint density at radius 3 is 1.95 bits per heavy atom. The summed E-state index contributed by atoms with van der Waals surface area (Å²) in [5.41, 5.74) is 0.559. The first kappa shape index (κ1) is 16.9. The van der Waals surface area contributed by atoms with Gasteiger partial charge in [-0.05, 0) is 26.3 Å². The van der Waals surface area contributed by atoms with Crippen LogP contribution in [0.5, 0.6) is 0 Å². The first-order valence-corrected chi connectivity index (χ1v) is 6.91. The predicted molar refractivity (Wildman–Crippen MR) is 76.6 cm³/mol. The van der Waals surface area contributed by atoms with E-state index in [1.165, 1.54) is 6.92 Å². The molecule has 21 heavy (non-hydrogen) atoms. The lowest BCUT2D eigenvalue weighted by atomic mass is 9.83. The van der Waals surface area contributed by atoms with Crippen molar-refractivity contribution < 1.29 is 23.9 Å². The van der Waals surface area contributed by atoms with Gasteiger partial charge >= 0.3 is 11.9 Å². The zero-order valence-corrected chi connectivity index (χ0v) is 12.5. The van der Waals surface area contributed by atoms with Crippen molar-refractivity contribution in [2.24, 2.45) is 5.92 Å². The number of carbonyl (C=O) groups is 3. The van der Waals surface area contributed by atoms with E-state index in [0.717, 1.165) is 0 Å². The summed E-state index contributed by atoms with van der Waals surface area (Å²) in [5.74, 6) is -3.90. The molecule has 114 valence electrons. The van der Waals surface area contributed by atoms with Gasteiger partial charge in [-0.1, -0.05) is 30.3 Å². The van der Waals surface area contributed by atoms with Gasteiger partial charge in [0.1, 0.15) is 17.6 Å². The van der Waals surface area contributed by atoms with Crippen molar-refractivity contribution in [1.29, 1.82) is 0 Å². The van der Waals surface area contributed by atoms with Crippen LogP contribution in [-0.4, -0.2) is 30.9 Å². The van der Waals surface area contributed by atoms with Gasteiger partial charge < -0.3 is 9.47 Å². The van der Waals surface area contributed by atoms with Crippen molar-refractivity contribution in [3.63, 3.8) is 0 Å². The van der Waals surface area contributed by atoms with Crippen LogP contribution in [0.25, 0.3) is 0 Å². The molecule has 1 aromatic carbocycles. The van der Waals surface area contributed by atoms with Crippen molar-refractivity contribution in [3.8, 4) is 0 Å². The van der Waals surface area contributed by atoms with Gasteiger partial charge in [0.2, 0.25) is 0 Å². The Balaban J connectivity index is 3.22. The third-order valence-corrected chi connectivity index (χ3v) is 3.01. The Kier molecular flexibility index (Phi) is 6.59. The van der Waals surface area contributed by atoms with Crippen molar-refractivity contribution >= 4 is 17.7 Å². The lowest BCUT2D eigenvalue weighted by Gasteiger charge is -2.22. The molecule has 0 fully saturated rings. The van der Waals surface area contributed by atoms with Crippen LogP contribution >= 0.6 is 0 Å². The summed E-state index contributed by atoms with van der Waals surface area (Å²) in [6, 6.07) is 8.65. The molecule has 2 atom stereocenters. The van der Waals surface area contributed by atoms with E-state index < -0.39 is 29.6 Å². The third kappa shape index (κ3) is 4.41. The fourth-order valence-corrected chi connectivity index (χ4v) is 2.13. The van der Waals surface area contributed by atoms with Crippen LogP contribution < -0.4 is 0 Å². The Labute approximate surface area is 124 Å². The molecular weight excluding hydrogens is 272 g/mol. The van der Waals surface area contributed by atoms with Crippen molar-refractivity contribution in [2.45, 2.75) is 26.7 Å². The number of rotatable bonds is 7. The first-order chi connectivity index (χ1) is 10.0. The second kappa shape index (κ2) is 8.19. The third-order valence-electron chi connectivity index (χ3n) is 3.01. The second-order valence-corrected chi connectivity index (χ2v) is 4.48. The van der Waals surface area contributed by atoms with Crippen LogP contribution in [0.2, 0.25) is 0 Å². The highest BCUT2D eigenvalue weighted by molar-refractivity contribution is 6.03. The molecule has 2 unspecified atom stereocenters. The fraction of sp³-hybridized carbons (Fsp3) is 0.438. The topological polar surface area (TPSA) is 69.7 Å². The van der Waals surface area contributed by atoms with Gasteiger partial charge in [0.15, 0.2) is 0 Å². The molecule has 0 aliphatic carbocycles. The monoisotopic (exact) mass is 292 g/mol. The quantitative estimate of drug-likeness (QED) is 0.568. The highest BCUT2D eigenvalue weighted by Crippen LogP contribution is 2.28. The number of ether oxygens (including phenoxy) is 2. The van der Waals surface area contributed by atoms with E-state index in [1.807, 2.05) is 0 Å². The Morgan fingerprint density at radius 1 is 0.952 bits per heavy atom. The van der Waals surface area contributed by atoms with Crippen LogP contribution in [-0.2, 0) is 23.9 Å². The Hall–Kier alpha value is -2.17. The normalized spacial score (nSPS) is 13.1. The molecule has 0 saturated heterocycles. The zero-order chi connectivity index (χ0) is 15.8. The minimum Gasteiger partial charge on any atom is -0.465 e. The molecule has 0 radical (unpaired) electrons. The van der Waals surface area contributed by atoms with E-state index in [2.05, 4.69) is 0 Å². The molecule has 0 aromatic heterocycles. The molecule has 1 rings (SSSR count). The SMILES string of the molecule is CCOC(=O)C(C(C)=O)C(C(=O)OCC)c1ccccc1. The van der Waals surface area contributed by atoms with E-state index >= 15 is 0 Å². The standard InChI is InChI=1S/C16H20O5/c1-4-20-15(18)13(11(3)17)14(16(19)21-5-2)12-9-7-6-8-10-12/h6-10,13-14H,4-5H2,1-3H3. The summed E-state index contributed by atoms with van der Waals surface area (Å²) in [7, 11) is 0. The van der Waals surface area contributed by atoms with Crippen LogP contribution in [0.1, 0.15) is 32.3 Å². The Morgan fingerprint density at radius 2 is 1.48 bits per heavy atom. The summed E-state index contributed by atoms with van der Waals surface area (Å²) in [6.07, 6.45) is 0. The number of esters is 2. The van der Waals surface area contributed by atoms with Gasteiger partial charge in [0.25, 0.3) is 0 Å². The highest BCUT2D eigenvalue weighted by atomic mass is 16.5. The molecule has 5 heteroatoms. The second-order valence-electron chi connectivity index (χ2n) is 4.48. The van der Waals surface area contributed by atoms with E-state index in [4.69, 9.17) is 9.47 Å². The average molecular weight is 292 g/mol. The molecule has 0 aliphatic rings. The number of hydrogen-bond donors (Lipinski definition) is 0. The summed E-state index contributed by atoms with van der Waals surface area (Å²) in [5, 5.41) is 0. The van der Waals surface area contributed by atoms with E-state index in [0.29, 0.717) is 5.56 Å². The average Bonchev–Trinajstić information content (AvgIpc) is 2.45. The molecule has 0 saturated carbocycles. The zero-order valence-electron chi connectivity index (χ0n) is 12.5. The largest absolute Gasteiger partial charge is 0.465 e. The summed E-state index contributed by atoms with van der Waals surface area (Å²) < 4.78 is 9.95. The van der Waals surface area contributed by atoms with E-state index in [-0.39, 0.29) is 13.2 Å². The van der Waals surface area contributed by atoms with Gasteiger partial charge in [0.05, 0.1) is 13.2 Å². The number of hydrogen-bond acceptors (Lipinski definition) is 5. The number of ketones is 1. The molecular formula is C16H20O5. The summed E-state index contributed by atoms with van der Waals surface area (Å²) >= 11 is 0. The molecule has 5 nitrogen and oxygen atoms in total. The Bertz CT molecular complexity index is 495. The minimum absolute atomic E-state index is 0.146. The van der Waals surface area contributed by atoms with Gasteiger partial charge in [-0.3, -0.25) is 14.4 Å². The van der Waals surface area contributed by atoms with Gasteiger partial charge in [0, 0.05) is 0 Å². The molecule has 0 bridgehead atoms. The van der Waals surface area contributed by atoms with E-state index in [9.17, 15) is 14.4 Å². The maximum absolute atomic E-state index is 12.2. The maximum atomic E-state index is 12.2. The molecule has 0 amide bonds. The first-order valence-electron chi connectivity index (χ1n) is 6.91. The van der Waals surface area contributed by atoms with Crippen molar-refractivity contribution in [3.05, 3.63) is 35.9 Å². The molecule has 0 spiro atoms. The molecule has 0 N–H and O–H groups in total. The maximum Gasteiger partial charge on any atom is 0.317 e. The summed E-state index contributed by atoms with van der Waals surface area (Å²) in [4.78, 5) is 36.1. The van der Waals surface area contributed by atoms with Gasteiger partial charge in [-0.2, -0.15) is 0 Å². The molecule has 0 heterocycles. The summed E-state index contributed by atoms with van der Waals surface area (Å²) in [6.45, 7) is 4.92. The van der Waals surface area contributed by atoms with Crippen LogP contribution in [0, 0.1) is 5.92 Å². The van der Waals surface area contributed by atoms with Gasteiger partial charge in [-0.25, -0.2) is 0 Å². The highest BCUT2D eigenvalue weighted by Gasteiger charge is 2.40. The minimum atomic E-state index is -1.19. The molecule has 0 aliphatic heterocycles. The van der Waals surface area contributed by atoms with Gasteiger partial charge in [-0.15, -0.1) is 0 Å². The molecule has 1 aromatic rings. The number of benzene rings is 1. The number of carbonyl (C=O) groups excluding carboxylic acids is 3. The van der Waals surface area contributed by atoms with Crippen molar-refractivity contribution in [1.82, 2.24) is 0 Å². The van der Waals surface area contributed by atoms with Crippen LogP contribution in [0.15, 0.2) is 30.3 Å². The van der Waals surface area contributed by atoms with Crippen molar-refractivity contribution in [2.75, 3.05) is 13.2 Å².